The van der Waals surface area contributed by atoms with Crippen molar-refractivity contribution in [2.45, 2.75) is 6.04 Å². The van der Waals surface area contributed by atoms with Crippen molar-refractivity contribution in [3.63, 3.8) is 0 Å². The highest BCUT2D eigenvalue weighted by atomic mass is 16.5. The molecular weight excluding hydrogens is 320 g/mol. The van der Waals surface area contributed by atoms with Gasteiger partial charge in [0, 0.05) is 45.3 Å². The van der Waals surface area contributed by atoms with Gasteiger partial charge in [-0.2, -0.15) is 0 Å². The molecular formula is C18H22N4O3. The van der Waals surface area contributed by atoms with E-state index in [1.807, 2.05) is 12.1 Å². The molecule has 3 rings (SSSR count). The van der Waals surface area contributed by atoms with Gasteiger partial charge in [0.05, 0.1) is 24.9 Å². The number of morpholine rings is 1. The van der Waals surface area contributed by atoms with E-state index in [4.69, 9.17) is 4.74 Å². The van der Waals surface area contributed by atoms with Crippen LogP contribution >= 0.6 is 0 Å². The molecule has 0 bridgehead atoms. The first kappa shape index (κ1) is 17.3. The van der Waals surface area contributed by atoms with Gasteiger partial charge in [-0.1, -0.05) is 6.07 Å². The van der Waals surface area contributed by atoms with Gasteiger partial charge in [-0.3, -0.25) is 19.5 Å². The fraction of sp³-hybridized carbons (Fsp3) is 0.389. The van der Waals surface area contributed by atoms with E-state index in [9.17, 15) is 9.59 Å². The second-order valence-electron chi connectivity index (χ2n) is 5.99. The average Bonchev–Trinajstić information content (AvgIpc) is 3.09. The van der Waals surface area contributed by atoms with Gasteiger partial charge in [0.2, 0.25) is 0 Å². The maximum absolute atomic E-state index is 12.3. The number of aromatic nitrogens is 2. The van der Waals surface area contributed by atoms with Crippen molar-refractivity contribution in [3.05, 3.63) is 54.1 Å². The SMILES string of the molecule is Cn1cccc1C(=O)C(=O)NC[C@H](c1cccnc1)N1CCOCC1. The zero-order valence-electron chi connectivity index (χ0n) is 14.2. The van der Waals surface area contributed by atoms with E-state index >= 15 is 0 Å². The molecule has 1 atom stereocenters. The lowest BCUT2D eigenvalue weighted by atomic mass is 10.1. The summed E-state index contributed by atoms with van der Waals surface area (Å²) in [6, 6.07) is 7.20. The Kier molecular flexibility index (Phi) is 5.57. The van der Waals surface area contributed by atoms with Crippen LogP contribution in [-0.2, 0) is 16.6 Å². The van der Waals surface area contributed by atoms with Crippen molar-refractivity contribution in [1.29, 1.82) is 0 Å². The molecule has 2 aromatic rings. The summed E-state index contributed by atoms with van der Waals surface area (Å²) in [4.78, 5) is 31.0. The second-order valence-corrected chi connectivity index (χ2v) is 5.99. The molecule has 1 N–H and O–H groups in total. The summed E-state index contributed by atoms with van der Waals surface area (Å²) in [5.74, 6) is -1.12. The summed E-state index contributed by atoms with van der Waals surface area (Å²) in [6.07, 6.45) is 5.26. The number of ether oxygens (including phenoxy) is 1. The molecule has 0 saturated carbocycles. The Balaban J connectivity index is 1.69. The van der Waals surface area contributed by atoms with Gasteiger partial charge in [-0.15, -0.1) is 0 Å². The molecule has 0 radical (unpaired) electrons. The molecule has 25 heavy (non-hydrogen) atoms. The fourth-order valence-corrected chi connectivity index (χ4v) is 3.00. The number of rotatable bonds is 6. The van der Waals surface area contributed by atoms with Crippen LogP contribution in [0.25, 0.3) is 0 Å². The molecule has 2 aromatic heterocycles. The summed E-state index contributed by atoms with van der Waals surface area (Å²) in [7, 11) is 1.74. The number of ketones is 1. The summed E-state index contributed by atoms with van der Waals surface area (Å²) >= 11 is 0. The van der Waals surface area contributed by atoms with Crippen molar-refractivity contribution in [2.75, 3.05) is 32.8 Å². The highest BCUT2D eigenvalue weighted by Crippen LogP contribution is 2.20. The van der Waals surface area contributed by atoms with E-state index in [0.29, 0.717) is 25.5 Å². The van der Waals surface area contributed by atoms with Gasteiger partial charge in [-0.05, 0) is 23.8 Å². The Morgan fingerprint density at radius 1 is 1.28 bits per heavy atom. The average molecular weight is 342 g/mol. The smallest absolute Gasteiger partial charge is 0.294 e. The van der Waals surface area contributed by atoms with Gasteiger partial charge < -0.3 is 14.6 Å². The molecule has 1 amide bonds. The number of aryl methyl sites for hydroxylation is 1. The molecule has 0 spiro atoms. The van der Waals surface area contributed by atoms with Gasteiger partial charge in [0.1, 0.15) is 0 Å². The molecule has 0 aliphatic carbocycles. The van der Waals surface area contributed by atoms with Crippen molar-refractivity contribution in [3.8, 4) is 0 Å². The third-order valence-electron chi connectivity index (χ3n) is 4.39. The minimum Gasteiger partial charge on any atom is -0.379 e. The van der Waals surface area contributed by atoms with Gasteiger partial charge >= 0.3 is 0 Å². The molecule has 0 unspecified atom stereocenters. The maximum Gasteiger partial charge on any atom is 0.294 e. The number of pyridine rings is 1. The molecule has 7 nitrogen and oxygen atoms in total. The van der Waals surface area contributed by atoms with Crippen LogP contribution in [-0.4, -0.2) is 59.0 Å². The first-order chi connectivity index (χ1) is 12.2. The number of nitrogens with one attached hydrogen (secondary N) is 1. The number of carbonyl (C=O) groups excluding carboxylic acids is 2. The standard InChI is InChI=1S/C18H22N4O3/c1-21-7-3-5-15(21)17(23)18(24)20-13-16(14-4-2-6-19-12-14)22-8-10-25-11-9-22/h2-7,12,16H,8-11,13H2,1H3,(H,20,24)/t16-/m1/s1. The van der Waals surface area contributed by atoms with Gasteiger partial charge in [-0.25, -0.2) is 0 Å². The van der Waals surface area contributed by atoms with Crippen LogP contribution in [0.15, 0.2) is 42.9 Å². The Morgan fingerprint density at radius 2 is 2.08 bits per heavy atom. The Hall–Kier alpha value is -2.51. The zero-order valence-corrected chi connectivity index (χ0v) is 14.2. The molecule has 0 aromatic carbocycles. The largest absolute Gasteiger partial charge is 0.379 e. The Labute approximate surface area is 146 Å². The first-order valence-corrected chi connectivity index (χ1v) is 8.32. The van der Waals surface area contributed by atoms with E-state index in [-0.39, 0.29) is 6.04 Å². The van der Waals surface area contributed by atoms with Crippen LogP contribution < -0.4 is 5.32 Å². The molecule has 1 saturated heterocycles. The maximum atomic E-state index is 12.3. The monoisotopic (exact) mass is 342 g/mol. The lowest BCUT2D eigenvalue weighted by Gasteiger charge is -2.34. The van der Waals surface area contributed by atoms with Crippen molar-refractivity contribution in [2.24, 2.45) is 7.05 Å². The van der Waals surface area contributed by atoms with E-state index in [0.717, 1.165) is 18.7 Å². The van der Waals surface area contributed by atoms with Crippen LogP contribution in [0.3, 0.4) is 0 Å². The second kappa shape index (κ2) is 8.04. The number of hydrogen-bond acceptors (Lipinski definition) is 5. The molecule has 3 heterocycles. The number of hydrogen-bond donors (Lipinski definition) is 1. The lowest BCUT2D eigenvalue weighted by molar-refractivity contribution is -0.117. The van der Waals surface area contributed by atoms with Gasteiger partial charge in [0.15, 0.2) is 0 Å². The fourth-order valence-electron chi connectivity index (χ4n) is 3.00. The highest BCUT2D eigenvalue weighted by Gasteiger charge is 2.25. The van der Waals surface area contributed by atoms with Crippen LogP contribution in [0.4, 0.5) is 0 Å². The van der Waals surface area contributed by atoms with E-state index in [1.54, 1.807) is 42.3 Å². The third kappa shape index (κ3) is 4.12. The van der Waals surface area contributed by atoms with Gasteiger partial charge in [0.25, 0.3) is 11.7 Å². The van der Waals surface area contributed by atoms with Crippen LogP contribution in [0.1, 0.15) is 22.1 Å². The molecule has 1 fully saturated rings. The van der Waals surface area contributed by atoms with E-state index < -0.39 is 11.7 Å². The quantitative estimate of drug-likeness (QED) is 0.620. The molecule has 132 valence electrons. The number of Topliss-reactive ketones (excluding diaryl/α,β-unsaturated/α-hetero) is 1. The number of nitrogens with zero attached hydrogens (tertiary/aromatic N) is 3. The van der Waals surface area contributed by atoms with E-state index in [2.05, 4.69) is 15.2 Å². The topological polar surface area (TPSA) is 76.5 Å². The summed E-state index contributed by atoms with van der Waals surface area (Å²) in [5, 5.41) is 2.78. The summed E-state index contributed by atoms with van der Waals surface area (Å²) < 4.78 is 7.05. The van der Waals surface area contributed by atoms with Crippen LogP contribution in [0, 0.1) is 0 Å². The minimum atomic E-state index is -0.594. The number of amides is 1. The third-order valence-corrected chi connectivity index (χ3v) is 4.39. The Morgan fingerprint density at radius 3 is 2.72 bits per heavy atom. The van der Waals surface area contributed by atoms with Crippen LogP contribution in [0.5, 0.6) is 0 Å². The molecule has 1 aliphatic heterocycles. The summed E-state index contributed by atoms with van der Waals surface area (Å²) in [6.45, 7) is 3.23. The van der Waals surface area contributed by atoms with Crippen LogP contribution in [0.2, 0.25) is 0 Å². The van der Waals surface area contributed by atoms with E-state index in [1.165, 1.54) is 0 Å². The first-order valence-electron chi connectivity index (χ1n) is 8.32. The number of carbonyl (C=O) groups is 2. The van der Waals surface area contributed by atoms with Crippen molar-refractivity contribution in [1.82, 2.24) is 19.8 Å². The van der Waals surface area contributed by atoms with Crippen molar-refractivity contribution >= 4 is 11.7 Å². The molecule has 1 aliphatic rings. The predicted molar refractivity (Wildman–Crippen MR) is 92.1 cm³/mol. The van der Waals surface area contributed by atoms with Crippen molar-refractivity contribution < 1.29 is 14.3 Å². The minimum absolute atomic E-state index is 0.0391. The summed E-state index contributed by atoms with van der Waals surface area (Å²) in [5.41, 5.74) is 1.39. The normalized spacial score (nSPS) is 16.4. The Bertz CT molecular complexity index is 723. The molecule has 7 heteroatoms. The highest BCUT2D eigenvalue weighted by molar-refractivity contribution is 6.42. The lowest BCUT2D eigenvalue weighted by Crippen LogP contribution is -2.45. The predicted octanol–water partition coefficient (Wildman–Crippen LogP) is 0.793. The zero-order chi connectivity index (χ0) is 17.6.